The number of hydrogen-bond donors (Lipinski definition) is 2. The fourth-order valence-electron chi connectivity index (χ4n) is 3.93. The average Bonchev–Trinajstić information content (AvgIpc) is 3.10. The SMILES string of the molecule is O=C(Cc1[nH]nc2ccccc12)NC[C@H]1CCCN(Cc2ccccc2)C1. The molecule has 1 aliphatic rings. The Balaban J connectivity index is 1.27. The summed E-state index contributed by atoms with van der Waals surface area (Å²) in [5, 5.41) is 11.4. The molecule has 2 N–H and O–H groups in total. The number of aromatic amines is 1. The second-order valence-electron chi connectivity index (χ2n) is 7.43. The van der Waals surface area contributed by atoms with Crippen molar-refractivity contribution in [3.05, 3.63) is 65.9 Å². The Bertz CT molecular complexity index is 889. The van der Waals surface area contributed by atoms with Crippen molar-refractivity contribution in [3.63, 3.8) is 0 Å². The maximum absolute atomic E-state index is 12.4. The molecule has 0 radical (unpaired) electrons. The fourth-order valence-corrected chi connectivity index (χ4v) is 3.93. The van der Waals surface area contributed by atoms with Gasteiger partial charge in [-0.1, -0.05) is 48.5 Å². The molecule has 5 nitrogen and oxygen atoms in total. The van der Waals surface area contributed by atoms with Gasteiger partial charge < -0.3 is 5.32 Å². The van der Waals surface area contributed by atoms with Crippen molar-refractivity contribution in [2.45, 2.75) is 25.8 Å². The summed E-state index contributed by atoms with van der Waals surface area (Å²) in [6.07, 6.45) is 2.72. The Hall–Kier alpha value is -2.66. The van der Waals surface area contributed by atoms with Crippen LogP contribution in [0.3, 0.4) is 0 Å². The van der Waals surface area contributed by atoms with Crippen molar-refractivity contribution < 1.29 is 4.79 Å². The van der Waals surface area contributed by atoms with Gasteiger partial charge in [-0.25, -0.2) is 0 Å². The highest BCUT2D eigenvalue weighted by molar-refractivity contribution is 5.87. The summed E-state index contributed by atoms with van der Waals surface area (Å²) in [6.45, 7) is 3.92. The molecule has 0 unspecified atom stereocenters. The molecule has 0 bridgehead atoms. The molecule has 140 valence electrons. The predicted molar refractivity (Wildman–Crippen MR) is 107 cm³/mol. The lowest BCUT2D eigenvalue weighted by Gasteiger charge is -2.32. The van der Waals surface area contributed by atoms with Crippen LogP contribution in [-0.4, -0.2) is 40.6 Å². The average molecular weight is 362 g/mol. The molecule has 1 amide bonds. The lowest BCUT2D eigenvalue weighted by atomic mass is 9.97. The third-order valence-electron chi connectivity index (χ3n) is 5.32. The Morgan fingerprint density at radius 1 is 1.15 bits per heavy atom. The van der Waals surface area contributed by atoms with Crippen LogP contribution in [-0.2, 0) is 17.8 Å². The minimum Gasteiger partial charge on any atom is -0.355 e. The van der Waals surface area contributed by atoms with Gasteiger partial charge in [0.05, 0.1) is 17.6 Å². The monoisotopic (exact) mass is 362 g/mol. The summed E-state index contributed by atoms with van der Waals surface area (Å²) in [5.41, 5.74) is 3.15. The van der Waals surface area contributed by atoms with Gasteiger partial charge in [0.15, 0.2) is 0 Å². The number of carbonyl (C=O) groups excluding carboxylic acids is 1. The zero-order chi connectivity index (χ0) is 18.5. The molecule has 5 heteroatoms. The van der Waals surface area contributed by atoms with E-state index in [1.807, 2.05) is 24.3 Å². The second kappa shape index (κ2) is 8.35. The standard InChI is InChI=1S/C22H26N4O/c27-22(13-21-19-10-4-5-11-20(19)24-25-21)23-14-18-9-6-12-26(16-18)15-17-7-2-1-3-8-17/h1-5,7-8,10-11,18H,6,9,12-16H2,(H,23,27)(H,24,25)/t18-/m1/s1. The molecular formula is C22H26N4O. The van der Waals surface area contributed by atoms with Crippen molar-refractivity contribution in [3.8, 4) is 0 Å². The van der Waals surface area contributed by atoms with E-state index in [2.05, 4.69) is 50.7 Å². The number of nitrogens with one attached hydrogen (secondary N) is 2. The highest BCUT2D eigenvalue weighted by Gasteiger charge is 2.20. The molecule has 0 spiro atoms. The number of piperidine rings is 1. The molecule has 4 rings (SSSR count). The molecule has 2 aromatic carbocycles. The van der Waals surface area contributed by atoms with Crippen molar-refractivity contribution >= 4 is 16.8 Å². The molecule has 1 fully saturated rings. The maximum atomic E-state index is 12.4. The first-order valence-corrected chi connectivity index (χ1v) is 9.73. The Kier molecular flexibility index (Phi) is 5.49. The molecule has 2 heterocycles. The number of aromatic nitrogens is 2. The Labute approximate surface area is 159 Å². The smallest absolute Gasteiger partial charge is 0.226 e. The number of carbonyl (C=O) groups is 1. The van der Waals surface area contributed by atoms with Gasteiger partial charge in [-0.3, -0.25) is 14.8 Å². The van der Waals surface area contributed by atoms with Gasteiger partial charge in [-0.2, -0.15) is 5.10 Å². The quantitative estimate of drug-likeness (QED) is 0.708. The number of benzene rings is 2. The molecule has 27 heavy (non-hydrogen) atoms. The molecule has 3 aromatic rings. The summed E-state index contributed by atoms with van der Waals surface area (Å²) < 4.78 is 0. The van der Waals surface area contributed by atoms with Crippen LogP contribution in [0.25, 0.3) is 10.9 Å². The van der Waals surface area contributed by atoms with Gasteiger partial charge in [0, 0.05) is 25.0 Å². The second-order valence-corrected chi connectivity index (χ2v) is 7.43. The van der Waals surface area contributed by atoms with E-state index in [-0.39, 0.29) is 5.91 Å². The van der Waals surface area contributed by atoms with Crippen LogP contribution in [0.1, 0.15) is 24.1 Å². The first-order chi connectivity index (χ1) is 13.3. The zero-order valence-corrected chi connectivity index (χ0v) is 15.5. The maximum Gasteiger partial charge on any atom is 0.226 e. The molecule has 1 aromatic heterocycles. The third-order valence-corrected chi connectivity index (χ3v) is 5.32. The van der Waals surface area contributed by atoms with E-state index in [0.717, 1.165) is 42.8 Å². The van der Waals surface area contributed by atoms with E-state index in [0.29, 0.717) is 12.3 Å². The van der Waals surface area contributed by atoms with Crippen LogP contribution in [0.15, 0.2) is 54.6 Å². The molecule has 1 saturated heterocycles. The first kappa shape index (κ1) is 17.7. The molecule has 0 aliphatic carbocycles. The lowest BCUT2D eigenvalue weighted by Crippen LogP contribution is -2.40. The van der Waals surface area contributed by atoms with Crippen LogP contribution < -0.4 is 5.32 Å². The summed E-state index contributed by atoms with van der Waals surface area (Å²) in [6, 6.07) is 18.5. The van der Waals surface area contributed by atoms with Crippen LogP contribution in [0.4, 0.5) is 0 Å². The van der Waals surface area contributed by atoms with Crippen LogP contribution in [0.5, 0.6) is 0 Å². The van der Waals surface area contributed by atoms with E-state index in [4.69, 9.17) is 0 Å². The molecular weight excluding hydrogens is 336 g/mol. The van der Waals surface area contributed by atoms with Gasteiger partial charge in [0.25, 0.3) is 0 Å². The summed E-state index contributed by atoms with van der Waals surface area (Å²) in [7, 11) is 0. The van der Waals surface area contributed by atoms with Crippen molar-refractivity contribution in [2.75, 3.05) is 19.6 Å². The number of fused-ring (bicyclic) bond motifs is 1. The number of para-hydroxylation sites is 1. The van der Waals surface area contributed by atoms with Crippen LogP contribution in [0.2, 0.25) is 0 Å². The van der Waals surface area contributed by atoms with E-state index in [1.54, 1.807) is 0 Å². The molecule has 1 atom stereocenters. The summed E-state index contributed by atoms with van der Waals surface area (Å²) >= 11 is 0. The van der Waals surface area contributed by atoms with Crippen LogP contribution in [0, 0.1) is 5.92 Å². The van der Waals surface area contributed by atoms with Crippen molar-refractivity contribution in [2.24, 2.45) is 5.92 Å². The summed E-state index contributed by atoms with van der Waals surface area (Å²) in [4.78, 5) is 14.9. The fraction of sp³-hybridized carbons (Fsp3) is 0.364. The third kappa shape index (κ3) is 4.55. The van der Waals surface area contributed by atoms with Gasteiger partial charge in [-0.15, -0.1) is 0 Å². The van der Waals surface area contributed by atoms with E-state index in [9.17, 15) is 4.79 Å². The minimum absolute atomic E-state index is 0.0598. The van der Waals surface area contributed by atoms with E-state index < -0.39 is 0 Å². The zero-order valence-electron chi connectivity index (χ0n) is 15.5. The first-order valence-electron chi connectivity index (χ1n) is 9.73. The van der Waals surface area contributed by atoms with Crippen molar-refractivity contribution in [1.29, 1.82) is 0 Å². The Morgan fingerprint density at radius 2 is 1.96 bits per heavy atom. The number of H-pyrrole nitrogens is 1. The predicted octanol–water partition coefficient (Wildman–Crippen LogP) is 3.13. The number of amides is 1. The van der Waals surface area contributed by atoms with Gasteiger partial charge in [-0.05, 0) is 36.9 Å². The molecule has 0 saturated carbocycles. The highest BCUT2D eigenvalue weighted by atomic mass is 16.1. The van der Waals surface area contributed by atoms with Crippen molar-refractivity contribution in [1.82, 2.24) is 20.4 Å². The number of rotatable bonds is 6. The number of nitrogens with zero attached hydrogens (tertiary/aromatic N) is 2. The number of hydrogen-bond acceptors (Lipinski definition) is 3. The highest BCUT2D eigenvalue weighted by Crippen LogP contribution is 2.19. The number of likely N-dealkylation sites (tertiary alicyclic amines) is 1. The van der Waals surface area contributed by atoms with E-state index >= 15 is 0 Å². The van der Waals surface area contributed by atoms with Crippen LogP contribution >= 0.6 is 0 Å². The van der Waals surface area contributed by atoms with Gasteiger partial charge in [0.2, 0.25) is 5.91 Å². The Morgan fingerprint density at radius 3 is 2.85 bits per heavy atom. The summed E-state index contributed by atoms with van der Waals surface area (Å²) in [5.74, 6) is 0.578. The largest absolute Gasteiger partial charge is 0.355 e. The normalized spacial score (nSPS) is 17.9. The lowest BCUT2D eigenvalue weighted by molar-refractivity contribution is -0.120. The molecule has 1 aliphatic heterocycles. The van der Waals surface area contributed by atoms with Gasteiger partial charge in [0.1, 0.15) is 0 Å². The van der Waals surface area contributed by atoms with Gasteiger partial charge >= 0.3 is 0 Å². The van der Waals surface area contributed by atoms with E-state index in [1.165, 1.54) is 18.4 Å². The minimum atomic E-state index is 0.0598. The topological polar surface area (TPSA) is 61.0 Å².